The van der Waals surface area contributed by atoms with Crippen molar-refractivity contribution in [3.8, 4) is 0 Å². The summed E-state index contributed by atoms with van der Waals surface area (Å²) in [5.74, 6) is -3.82. The zero-order valence-corrected chi connectivity index (χ0v) is 17.9. The van der Waals surface area contributed by atoms with E-state index in [1.165, 1.54) is 0 Å². The lowest BCUT2D eigenvalue weighted by Crippen LogP contribution is -2.23. The van der Waals surface area contributed by atoms with E-state index in [0.29, 0.717) is 11.8 Å². The van der Waals surface area contributed by atoms with Crippen LogP contribution in [0.2, 0.25) is 0 Å². The second-order valence-corrected chi connectivity index (χ2v) is 7.83. The molecule has 0 saturated carbocycles. The summed E-state index contributed by atoms with van der Waals surface area (Å²) in [4.78, 5) is 43.2. The van der Waals surface area contributed by atoms with E-state index in [9.17, 15) is 23.2 Å². The highest BCUT2D eigenvalue weighted by Gasteiger charge is 2.16. The molecule has 0 atom stereocenters. The number of nitrogens with two attached hydrogens (primary N) is 1. The van der Waals surface area contributed by atoms with E-state index < -0.39 is 23.1 Å². The first kappa shape index (κ1) is 22.9. The summed E-state index contributed by atoms with van der Waals surface area (Å²) in [5, 5.41) is 5.10. The first-order chi connectivity index (χ1) is 15.1. The molecule has 0 saturated heterocycles. The average Bonchev–Trinajstić information content (AvgIpc) is 2.73. The van der Waals surface area contributed by atoms with Crippen LogP contribution < -0.4 is 21.9 Å². The number of H-pyrrole nitrogens is 1. The minimum Gasteiger partial charge on any atom is -0.382 e. The molecule has 0 unspecified atom stereocenters. The molecule has 11 heteroatoms. The molecule has 1 heterocycles. The van der Waals surface area contributed by atoms with Crippen LogP contribution in [-0.2, 0) is 4.79 Å². The molecule has 32 heavy (non-hydrogen) atoms. The molecule has 0 bridgehead atoms. The van der Waals surface area contributed by atoms with Crippen LogP contribution in [0.5, 0.6) is 0 Å². The molecule has 3 rings (SSSR count). The SMILES string of the molecule is Cc1ccc(C)c(NC(=O)CSc2nc(N)c(NC(=O)c3ccc(F)c(F)c3)c(=O)[nH]2)c1. The molecule has 0 aliphatic carbocycles. The molecule has 1 aromatic heterocycles. The number of nitrogens with zero attached hydrogens (tertiary/aromatic N) is 1. The highest BCUT2D eigenvalue weighted by molar-refractivity contribution is 7.99. The zero-order chi connectivity index (χ0) is 23.4. The second-order valence-electron chi connectivity index (χ2n) is 6.87. The third-order valence-electron chi connectivity index (χ3n) is 4.35. The van der Waals surface area contributed by atoms with Crippen molar-refractivity contribution >= 4 is 40.8 Å². The molecule has 2 amide bonds. The number of aryl methyl sites for hydroxylation is 2. The first-order valence-electron chi connectivity index (χ1n) is 9.30. The summed E-state index contributed by atoms with van der Waals surface area (Å²) in [6, 6.07) is 8.22. The molecule has 2 aromatic carbocycles. The maximum Gasteiger partial charge on any atom is 0.277 e. The Morgan fingerprint density at radius 2 is 1.84 bits per heavy atom. The standard InChI is InChI=1S/C21H19F2N5O3S/c1-10-3-4-11(2)15(7-10)25-16(29)9-32-21-27-18(24)17(20(31)28-21)26-19(30)12-5-6-13(22)14(23)8-12/h3-8H,9H2,1-2H3,(H,25,29)(H,26,30)(H3,24,27,28,31). The van der Waals surface area contributed by atoms with E-state index in [1.807, 2.05) is 32.0 Å². The van der Waals surface area contributed by atoms with E-state index in [1.54, 1.807) is 0 Å². The summed E-state index contributed by atoms with van der Waals surface area (Å²) < 4.78 is 26.4. The highest BCUT2D eigenvalue weighted by atomic mass is 32.2. The van der Waals surface area contributed by atoms with Crippen molar-refractivity contribution < 1.29 is 18.4 Å². The van der Waals surface area contributed by atoms with Crippen LogP contribution in [0.15, 0.2) is 46.3 Å². The zero-order valence-electron chi connectivity index (χ0n) is 17.1. The van der Waals surface area contributed by atoms with Gasteiger partial charge in [-0.15, -0.1) is 0 Å². The van der Waals surface area contributed by atoms with Gasteiger partial charge >= 0.3 is 0 Å². The number of nitrogen functional groups attached to an aromatic ring is 1. The van der Waals surface area contributed by atoms with Gasteiger partial charge in [0.1, 0.15) is 5.69 Å². The number of aromatic amines is 1. The Hall–Kier alpha value is -3.73. The number of carbonyl (C=O) groups is 2. The number of rotatable bonds is 6. The minimum absolute atomic E-state index is 0.0453. The fraction of sp³-hybridized carbons (Fsp3) is 0.143. The van der Waals surface area contributed by atoms with Gasteiger partial charge in [0, 0.05) is 11.3 Å². The van der Waals surface area contributed by atoms with Gasteiger partial charge in [0.25, 0.3) is 11.5 Å². The predicted octanol–water partition coefficient (Wildman–Crippen LogP) is 3.23. The van der Waals surface area contributed by atoms with Crippen LogP contribution in [0.1, 0.15) is 21.5 Å². The van der Waals surface area contributed by atoms with Gasteiger partial charge in [-0.25, -0.2) is 13.8 Å². The van der Waals surface area contributed by atoms with Crippen molar-refractivity contribution in [2.24, 2.45) is 0 Å². The molecular weight excluding hydrogens is 440 g/mol. The Kier molecular flexibility index (Phi) is 6.89. The second kappa shape index (κ2) is 9.60. The molecule has 166 valence electrons. The Morgan fingerprint density at radius 1 is 1.09 bits per heavy atom. The lowest BCUT2D eigenvalue weighted by Gasteiger charge is -2.10. The van der Waals surface area contributed by atoms with Crippen molar-refractivity contribution in [1.82, 2.24) is 9.97 Å². The molecule has 0 aliphatic heterocycles. The van der Waals surface area contributed by atoms with E-state index in [0.717, 1.165) is 35.0 Å². The van der Waals surface area contributed by atoms with Gasteiger partial charge in [0.15, 0.2) is 22.6 Å². The van der Waals surface area contributed by atoms with E-state index in [2.05, 4.69) is 20.6 Å². The Balaban J connectivity index is 1.66. The number of carbonyl (C=O) groups excluding carboxylic acids is 2. The van der Waals surface area contributed by atoms with Crippen LogP contribution in [0.25, 0.3) is 0 Å². The van der Waals surface area contributed by atoms with Crippen LogP contribution in [0.4, 0.5) is 26.0 Å². The summed E-state index contributed by atoms with van der Waals surface area (Å²) in [6.07, 6.45) is 0. The summed E-state index contributed by atoms with van der Waals surface area (Å²) in [7, 11) is 0. The number of thioether (sulfide) groups is 1. The van der Waals surface area contributed by atoms with Gasteiger partial charge < -0.3 is 16.4 Å². The third-order valence-corrected chi connectivity index (χ3v) is 5.23. The van der Waals surface area contributed by atoms with Crippen LogP contribution in [0.3, 0.4) is 0 Å². The van der Waals surface area contributed by atoms with Crippen molar-refractivity contribution in [3.63, 3.8) is 0 Å². The summed E-state index contributed by atoms with van der Waals surface area (Å²) in [6.45, 7) is 3.78. The third kappa shape index (κ3) is 5.49. The predicted molar refractivity (Wildman–Crippen MR) is 119 cm³/mol. The quantitative estimate of drug-likeness (QED) is 0.331. The minimum atomic E-state index is -1.21. The smallest absolute Gasteiger partial charge is 0.277 e. The van der Waals surface area contributed by atoms with E-state index >= 15 is 0 Å². The molecule has 0 radical (unpaired) electrons. The largest absolute Gasteiger partial charge is 0.382 e. The molecule has 5 N–H and O–H groups in total. The van der Waals surface area contributed by atoms with Gasteiger partial charge in [-0.1, -0.05) is 23.9 Å². The van der Waals surface area contributed by atoms with E-state index in [-0.39, 0.29) is 33.9 Å². The van der Waals surface area contributed by atoms with Crippen LogP contribution >= 0.6 is 11.8 Å². The molecular formula is C21H19F2N5O3S. The fourth-order valence-corrected chi connectivity index (χ4v) is 3.34. The normalized spacial score (nSPS) is 10.6. The van der Waals surface area contributed by atoms with Crippen molar-refractivity contribution in [2.45, 2.75) is 19.0 Å². The van der Waals surface area contributed by atoms with Gasteiger partial charge in [0.05, 0.1) is 5.75 Å². The number of halogens is 2. The molecule has 8 nitrogen and oxygen atoms in total. The average molecular weight is 459 g/mol. The van der Waals surface area contributed by atoms with Gasteiger partial charge in [-0.3, -0.25) is 19.4 Å². The molecule has 3 aromatic rings. The van der Waals surface area contributed by atoms with Crippen molar-refractivity contribution in [3.05, 3.63) is 75.1 Å². The lowest BCUT2D eigenvalue weighted by atomic mass is 10.1. The fourth-order valence-electron chi connectivity index (χ4n) is 2.67. The number of hydrogen-bond donors (Lipinski definition) is 4. The maximum absolute atomic E-state index is 13.3. The van der Waals surface area contributed by atoms with E-state index in [4.69, 9.17) is 5.73 Å². The van der Waals surface area contributed by atoms with Crippen LogP contribution in [-0.4, -0.2) is 27.5 Å². The topological polar surface area (TPSA) is 130 Å². The molecule has 0 spiro atoms. The molecule has 0 fully saturated rings. The van der Waals surface area contributed by atoms with Crippen molar-refractivity contribution in [2.75, 3.05) is 22.1 Å². The summed E-state index contributed by atoms with van der Waals surface area (Å²) >= 11 is 0.951. The summed E-state index contributed by atoms with van der Waals surface area (Å²) in [5.41, 5.74) is 7.06. The number of amides is 2. The Morgan fingerprint density at radius 3 is 2.53 bits per heavy atom. The molecule has 0 aliphatic rings. The van der Waals surface area contributed by atoms with Crippen LogP contribution in [0, 0.1) is 25.5 Å². The number of hydrogen-bond acceptors (Lipinski definition) is 6. The Bertz CT molecular complexity index is 1260. The van der Waals surface area contributed by atoms with Gasteiger partial charge in [-0.2, -0.15) is 0 Å². The monoisotopic (exact) mass is 459 g/mol. The Labute approximate surface area is 185 Å². The highest BCUT2D eigenvalue weighted by Crippen LogP contribution is 2.20. The first-order valence-corrected chi connectivity index (χ1v) is 10.3. The maximum atomic E-state index is 13.3. The number of benzene rings is 2. The lowest BCUT2D eigenvalue weighted by molar-refractivity contribution is -0.113. The number of nitrogens with one attached hydrogen (secondary N) is 3. The van der Waals surface area contributed by atoms with Gasteiger partial charge in [-0.05, 0) is 49.2 Å². The van der Waals surface area contributed by atoms with Gasteiger partial charge in [0.2, 0.25) is 5.91 Å². The number of aromatic nitrogens is 2. The van der Waals surface area contributed by atoms with Crippen molar-refractivity contribution in [1.29, 1.82) is 0 Å². The number of anilines is 3.